The quantitative estimate of drug-likeness (QED) is 0.180. The maximum Gasteiger partial charge on any atom is 1.00 e. The monoisotopic (exact) mass is 826 g/mol. The molecule has 0 unspecified atom stereocenters. The van der Waals surface area contributed by atoms with E-state index < -0.39 is 71.7 Å². The maximum absolute atomic E-state index is 11.5. The molecule has 17 atom stereocenters. The molecule has 58 heavy (non-hydrogen) atoms. The summed E-state index contributed by atoms with van der Waals surface area (Å²) in [5.74, 6) is -4.11. The van der Waals surface area contributed by atoms with Gasteiger partial charge < -0.3 is 63.5 Å². The van der Waals surface area contributed by atoms with Gasteiger partial charge in [0.2, 0.25) is 5.79 Å². The Kier molecular flexibility index (Phi) is 14.9. The number of carbonyl (C=O) groups is 1. The fraction of sp³-hybridized carbons (Fsp3) is 0.841. The van der Waals surface area contributed by atoms with Gasteiger partial charge in [0.15, 0.2) is 11.6 Å². The van der Waals surface area contributed by atoms with Gasteiger partial charge >= 0.3 is 29.6 Å². The molecule has 7 heterocycles. The maximum atomic E-state index is 11.5. The minimum Gasteiger partial charge on any atom is -0.547 e. The molecule has 0 aromatic carbocycles. The summed E-state index contributed by atoms with van der Waals surface area (Å²) in [6.07, 6.45) is 9.10. The minimum absolute atomic E-state index is 0. The topological polar surface area (TPSA) is 186 Å². The van der Waals surface area contributed by atoms with Crippen molar-refractivity contribution in [3.63, 3.8) is 0 Å². The Hall–Kier alpha value is -0.750. The third kappa shape index (κ3) is 9.89. The molecule has 4 N–H and O–H groups in total. The predicted octanol–water partition coefficient (Wildman–Crippen LogP) is 0.883. The summed E-state index contributed by atoms with van der Waals surface area (Å²) in [4.78, 5) is 11.5. The molecular weight excluding hydrogens is 759 g/mol. The largest absolute Gasteiger partial charge is 1.00 e. The van der Waals surface area contributed by atoms with Crippen molar-refractivity contribution >= 4 is 5.97 Å². The van der Waals surface area contributed by atoms with Gasteiger partial charge in [-0.3, -0.25) is 0 Å². The number of aliphatic hydroxyl groups is 4. The van der Waals surface area contributed by atoms with Crippen molar-refractivity contribution < 1.29 is 93.0 Å². The van der Waals surface area contributed by atoms with Gasteiger partial charge in [-0.25, -0.2) is 0 Å². The first-order valence-electron chi connectivity index (χ1n) is 21.6. The van der Waals surface area contributed by atoms with E-state index in [1.54, 1.807) is 6.08 Å². The van der Waals surface area contributed by atoms with E-state index in [9.17, 15) is 30.3 Å². The van der Waals surface area contributed by atoms with Crippen LogP contribution in [0.4, 0.5) is 0 Å². The molecule has 3 spiro atoms. The SMILES string of the molecule is C=C1[C@@H](O)[C@@H]2O[C@]3(CC[C@H](C=C[C@@H](C)[C@@H]4CC(C)=C[C@@]5(O[C@H](C[C@@](C)(O)C(=O)[O-])CC[C@H]5O)O4)O3)CC[C@H]2O[C@@H]1[C@@H](O)C[C@H](C)[C@H]1O[C@@]2(CCCCO2)CC[C@H]1C.[Na+]. The number of hydrogen-bond donors (Lipinski definition) is 4. The molecular formula is C44H67NaO13. The van der Waals surface area contributed by atoms with Crippen LogP contribution in [0, 0.1) is 17.8 Å². The van der Waals surface area contributed by atoms with Gasteiger partial charge in [-0.2, -0.15) is 0 Å². The molecule has 0 amide bonds. The van der Waals surface area contributed by atoms with Crippen molar-refractivity contribution in [3.8, 4) is 0 Å². The molecule has 13 nitrogen and oxygen atoms in total. The number of hydrogen-bond acceptors (Lipinski definition) is 13. The second-order valence-electron chi connectivity index (χ2n) is 18.9. The fourth-order valence-corrected chi connectivity index (χ4v) is 10.5. The summed E-state index contributed by atoms with van der Waals surface area (Å²) in [6, 6.07) is 0. The van der Waals surface area contributed by atoms with Crippen LogP contribution in [0.2, 0.25) is 0 Å². The number of aliphatic hydroxyl groups excluding tert-OH is 3. The van der Waals surface area contributed by atoms with E-state index in [1.807, 2.05) is 26.0 Å². The second-order valence-corrected chi connectivity index (χ2v) is 18.9. The molecule has 0 aliphatic carbocycles. The molecule has 6 saturated heterocycles. The Bertz CT molecular complexity index is 1510. The summed E-state index contributed by atoms with van der Waals surface area (Å²) in [5.41, 5.74) is -0.677. The Morgan fingerprint density at radius 1 is 1.02 bits per heavy atom. The summed E-state index contributed by atoms with van der Waals surface area (Å²) in [7, 11) is 0. The molecule has 322 valence electrons. The zero-order valence-corrected chi connectivity index (χ0v) is 37.5. The van der Waals surface area contributed by atoms with E-state index in [0.29, 0.717) is 56.4 Å². The first kappa shape index (κ1) is 46.7. The van der Waals surface area contributed by atoms with Crippen molar-refractivity contribution in [2.24, 2.45) is 17.8 Å². The molecule has 6 fully saturated rings. The number of fused-ring (bicyclic) bond motifs is 1. The van der Waals surface area contributed by atoms with Gasteiger partial charge in [0, 0.05) is 38.0 Å². The number of carbonyl (C=O) groups excluding carboxylic acids is 1. The van der Waals surface area contributed by atoms with Crippen LogP contribution >= 0.6 is 0 Å². The summed E-state index contributed by atoms with van der Waals surface area (Å²) in [6.45, 7) is 14.4. The summed E-state index contributed by atoms with van der Waals surface area (Å²) >= 11 is 0. The molecule has 7 aliphatic heterocycles. The number of rotatable bonds is 10. The van der Waals surface area contributed by atoms with Crippen LogP contribution in [0.15, 0.2) is 36.0 Å². The molecule has 7 rings (SSSR count). The number of ether oxygens (including phenoxy) is 7. The van der Waals surface area contributed by atoms with E-state index in [2.05, 4.69) is 20.4 Å². The molecule has 0 bridgehead atoms. The van der Waals surface area contributed by atoms with Gasteiger partial charge in [0.05, 0.1) is 49.2 Å². The van der Waals surface area contributed by atoms with E-state index in [4.69, 9.17) is 33.2 Å². The zero-order chi connectivity index (χ0) is 40.9. The van der Waals surface area contributed by atoms with Crippen LogP contribution in [-0.2, 0) is 38.0 Å². The van der Waals surface area contributed by atoms with Crippen LogP contribution in [0.3, 0.4) is 0 Å². The summed E-state index contributed by atoms with van der Waals surface area (Å²) < 4.78 is 45.2. The van der Waals surface area contributed by atoms with Gasteiger partial charge in [-0.05, 0) is 95.1 Å². The Morgan fingerprint density at radius 3 is 2.48 bits per heavy atom. The number of carboxylic acid groups (broad SMARTS) is 1. The Balaban J connectivity index is 0.00000567. The van der Waals surface area contributed by atoms with Crippen LogP contribution in [-0.4, -0.2) is 117 Å². The Morgan fingerprint density at radius 2 is 1.76 bits per heavy atom. The summed E-state index contributed by atoms with van der Waals surface area (Å²) in [5, 5.41) is 56.0. The Labute approximate surface area is 366 Å². The third-order valence-corrected chi connectivity index (χ3v) is 14.0. The van der Waals surface area contributed by atoms with Crippen LogP contribution < -0.4 is 34.7 Å². The zero-order valence-electron chi connectivity index (χ0n) is 35.5. The van der Waals surface area contributed by atoms with Gasteiger partial charge in [-0.1, -0.05) is 45.1 Å². The van der Waals surface area contributed by atoms with Crippen molar-refractivity contribution in [1.82, 2.24) is 0 Å². The molecule has 0 aromatic heterocycles. The number of carboxylic acids is 1. The van der Waals surface area contributed by atoms with E-state index in [1.165, 1.54) is 6.92 Å². The van der Waals surface area contributed by atoms with E-state index in [-0.39, 0.29) is 66.1 Å². The molecule has 7 aliphatic rings. The first-order valence-corrected chi connectivity index (χ1v) is 21.6. The molecule has 0 aromatic rings. The molecule has 0 radical (unpaired) electrons. The minimum atomic E-state index is -2.07. The normalized spacial score (nSPS) is 44.6. The third-order valence-electron chi connectivity index (χ3n) is 14.0. The van der Waals surface area contributed by atoms with Gasteiger partial charge in [-0.15, -0.1) is 0 Å². The average molecular weight is 827 g/mol. The van der Waals surface area contributed by atoms with Gasteiger partial charge in [0.1, 0.15) is 30.0 Å². The standard InChI is InChI=1S/C44H68O13.Na/c1-25-21-34(55-44(23-25)35(46)12-11-31(54-44)24-41(6,50)40(48)49)26(2)9-10-30-14-18-43(53-30)19-15-33-39(57-43)36(47)29(5)38(52-33)32(45)22-28(4)37-27(3)13-17-42(56-37)16-7-8-20-51-42;/h9-10,23,26-28,30-39,45-47,50H,5,7-8,11-22,24H2,1-4,6H3,(H,48,49);/q;+1/p-1/t26-,27-,28+,30+,31+,32+,33-,34+,35-,36-,37+,38+,39-,41-,42+,43-,44-;/m1./s1. The first-order chi connectivity index (χ1) is 26.9. The van der Waals surface area contributed by atoms with E-state index >= 15 is 0 Å². The van der Waals surface area contributed by atoms with Gasteiger partial charge in [0.25, 0.3) is 0 Å². The van der Waals surface area contributed by atoms with E-state index in [0.717, 1.165) is 50.7 Å². The molecule has 14 heteroatoms. The van der Waals surface area contributed by atoms with Crippen LogP contribution in [0.1, 0.15) is 125 Å². The van der Waals surface area contributed by atoms with Crippen LogP contribution in [0.25, 0.3) is 0 Å². The fourth-order valence-electron chi connectivity index (χ4n) is 10.5. The second kappa shape index (κ2) is 18.5. The van der Waals surface area contributed by atoms with Crippen molar-refractivity contribution in [2.75, 3.05) is 6.61 Å². The average Bonchev–Trinajstić information content (AvgIpc) is 3.56. The molecule has 0 saturated carbocycles. The predicted molar refractivity (Wildman–Crippen MR) is 205 cm³/mol. The number of aliphatic carboxylic acids is 1. The van der Waals surface area contributed by atoms with Crippen molar-refractivity contribution in [2.45, 2.75) is 209 Å². The smallest absolute Gasteiger partial charge is 0.547 e. The van der Waals surface area contributed by atoms with Crippen LogP contribution in [0.5, 0.6) is 0 Å². The van der Waals surface area contributed by atoms with Crippen molar-refractivity contribution in [1.29, 1.82) is 0 Å². The van der Waals surface area contributed by atoms with Crippen molar-refractivity contribution in [3.05, 3.63) is 36.0 Å².